The molecule has 82 valence electrons. The fourth-order valence-electron chi connectivity index (χ4n) is 0.936. The van der Waals surface area contributed by atoms with E-state index in [0.717, 1.165) is 12.1 Å². The molecule has 1 rings (SSSR count). The Bertz CT molecular complexity index is 345. The lowest BCUT2D eigenvalue weighted by Gasteiger charge is -2.08. The number of carbonyl (C=O) groups excluding carboxylic acids is 1. The van der Waals surface area contributed by atoms with E-state index in [1.807, 2.05) is 0 Å². The maximum absolute atomic E-state index is 12.1. The molecule has 2 N–H and O–H groups in total. The number of hydrogen-bond donors (Lipinski definition) is 2. The number of halogens is 3. The molecule has 0 saturated heterocycles. The second-order valence-electron chi connectivity index (χ2n) is 2.78. The van der Waals surface area contributed by atoms with E-state index >= 15 is 0 Å². The first-order chi connectivity index (χ1) is 6.93. The first-order valence-corrected chi connectivity index (χ1v) is 4.09. The Balaban J connectivity index is 2.77. The van der Waals surface area contributed by atoms with Gasteiger partial charge in [-0.2, -0.15) is 13.2 Å². The van der Waals surface area contributed by atoms with Crippen molar-refractivity contribution in [3.8, 4) is 0 Å². The Morgan fingerprint density at radius 3 is 2.13 bits per heavy atom. The van der Waals surface area contributed by atoms with Gasteiger partial charge < -0.3 is 10.6 Å². The van der Waals surface area contributed by atoms with Crippen LogP contribution in [0.1, 0.15) is 5.56 Å². The number of rotatable bonds is 1. The van der Waals surface area contributed by atoms with Crippen LogP contribution in [0.5, 0.6) is 0 Å². The van der Waals surface area contributed by atoms with Gasteiger partial charge in [-0.15, -0.1) is 0 Å². The summed E-state index contributed by atoms with van der Waals surface area (Å²) in [6, 6.07) is 3.72. The van der Waals surface area contributed by atoms with Crippen LogP contribution in [0.25, 0.3) is 0 Å². The minimum atomic E-state index is -4.36. The molecule has 1 aromatic carbocycles. The second kappa shape index (κ2) is 4.20. The minimum absolute atomic E-state index is 0.308. The Hall–Kier alpha value is -1.72. The molecule has 0 spiro atoms. The molecule has 0 unspecified atom stereocenters. The Labute approximate surface area is 84.3 Å². The number of anilines is 1. The molecule has 0 saturated carbocycles. The van der Waals surface area contributed by atoms with Crippen LogP contribution < -0.4 is 10.6 Å². The molecule has 0 aliphatic rings. The zero-order valence-corrected chi connectivity index (χ0v) is 7.85. The van der Waals surface area contributed by atoms with Crippen molar-refractivity contribution < 1.29 is 18.0 Å². The third-order valence-corrected chi connectivity index (χ3v) is 1.70. The summed E-state index contributed by atoms with van der Waals surface area (Å²) >= 11 is 0. The number of alkyl halides is 3. The fourth-order valence-corrected chi connectivity index (χ4v) is 0.936. The number of nitrogens with one attached hydrogen (secondary N) is 2. The molecule has 2 amide bonds. The van der Waals surface area contributed by atoms with Gasteiger partial charge in [-0.05, 0) is 24.3 Å². The van der Waals surface area contributed by atoms with Crippen LogP contribution >= 0.6 is 0 Å². The van der Waals surface area contributed by atoms with E-state index < -0.39 is 17.8 Å². The van der Waals surface area contributed by atoms with E-state index in [4.69, 9.17) is 0 Å². The summed E-state index contributed by atoms with van der Waals surface area (Å²) in [6.45, 7) is 0. The lowest BCUT2D eigenvalue weighted by molar-refractivity contribution is -0.137. The molecule has 0 radical (unpaired) electrons. The predicted molar refractivity (Wildman–Crippen MR) is 49.5 cm³/mol. The Kier molecular flexibility index (Phi) is 3.18. The summed E-state index contributed by atoms with van der Waals surface area (Å²) < 4.78 is 36.4. The summed E-state index contributed by atoms with van der Waals surface area (Å²) in [5, 5.41) is 4.64. The highest BCUT2D eigenvalue weighted by Crippen LogP contribution is 2.29. The molecular weight excluding hydrogens is 209 g/mol. The molecule has 0 aromatic heterocycles. The van der Waals surface area contributed by atoms with Crippen molar-refractivity contribution in [1.29, 1.82) is 0 Å². The van der Waals surface area contributed by atoms with Crippen molar-refractivity contribution in [2.75, 3.05) is 12.4 Å². The SMILES string of the molecule is CNC(=O)Nc1ccc(C(F)(F)F)cc1. The van der Waals surface area contributed by atoms with Crippen LogP contribution in [0.2, 0.25) is 0 Å². The molecular formula is C9H9F3N2O. The smallest absolute Gasteiger partial charge is 0.341 e. The first kappa shape index (κ1) is 11.4. The van der Waals surface area contributed by atoms with E-state index in [0.29, 0.717) is 5.69 Å². The molecule has 15 heavy (non-hydrogen) atoms. The van der Waals surface area contributed by atoms with Gasteiger partial charge in [-0.1, -0.05) is 0 Å². The molecule has 3 nitrogen and oxygen atoms in total. The fraction of sp³-hybridized carbons (Fsp3) is 0.222. The second-order valence-corrected chi connectivity index (χ2v) is 2.78. The van der Waals surface area contributed by atoms with Crippen LogP contribution in [-0.2, 0) is 6.18 Å². The quantitative estimate of drug-likeness (QED) is 0.746. The lowest BCUT2D eigenvalue weighted by atomic mass is 10.2. The molecule has 0 bridgehead atoms. The average molecular weight is 218 g/mol. The van der Waals surface area contributed by atoms with Gasteiger partial charge in [0.1, 0.15) is 0 Å². The maximum Gasteiger partial charge on any atom is 0.416 e. The Morgan fingerprint density at radius 1 is 1.20 bits per heavy atom. The monoisotopic (exact) mass is 218 g/mol. The molecule has 0 fully saturated rings. The highest BCUT2D eigenvalue weighted by Gasteiger charge is 2.29. The van der Waals surface area contributed by atoms with Crippen LogP contribution in [0.3, 0.4) is 0 Å². The minimum Gasteiger partial charge on any atom is -0.341 e. The van der Waals surface area contributed by atoms with Gasteiger partial charge in [0, 0.05) is 12.7 Å². The van der Waals surface area contributed by atoms with E-state index in [1.54, 1.807) is 0 Å². The topological polar surface area (TPSA) is 41.1 Å². The zero-order valence-electron chi connectivity index (χ0n) is 7.85. The van der Waals surface area contributed by atoms with E-state index in [9.17, 15) is 18.0 Å². The number of urea groups is 1. The van der Waals surface area contributed by atoms with Crippen LogP contribution in [0.4, 0.5) is 23.7 Å². The van der Waals surface area contributed by atoms with E-state index in [2.05, 4.69) is 10.6 Å². The predicted octanol–water partition coefficient (Wildman–Crippen LogP) is 2.46. The standard InChI is InChI=1S/C9H9F3N2O/c1-13-8(15)14-7-4-2-6(3-5-7)9(10,11)12/h2-5H,1H3,(H2,13,14,15). The van der Waals surface area contributed by atoms with Crippen molar-refractivity contribution in [3.63, 3.8) is 0 Å². The average Bonchev–Trinajstić information content (AvgIpc) is 2.17. The van der Waals surface area contributed by atoms with Gasteiger partial charge in [0.15, 0.2) is 0 Å². The third-order valence-electron chi connectivity index (χ3n) is 1.70. The van der Waals surface area contributed by atoms with Gasteiger partial charge in [-0.25, -0.2) is 4.79 Å². The van der Waals surface area contributed by atoms with Gasteiger partial charge >= 0.3 is 12.2 Å². The van der Waals surface area contributed by atoms with Gasteiger partial charge in [0.25, 0.3) is 0 Å². The van der Waals surface area contributed by atoms with Crippen molar-refractivity contribution in [2.45, 2.75) is 6.18 Å². The highest BCUT2D eigenvalue weighted by atomic mass is 19.4. The van der Waals surface area contributed by atoms with Gasteiger partial charge in [0.2, 0.25) is 0 Å². The molecule has 0 atom stereocenters. The van der Waals surface area contributed by atoms with Crippen LogP contribution in [0.15, 0.2) is 24.3 Å². The first-order valence-electron chi connectivity index (χ1n) is 4.09. The van der Waals surface area contributed by atoms with Crippen molar-refractivity contribution >= 4 is 11.7 Å². The summed E-state index contributed by atoms with van der Waals surface area (Å²) in [5.41, 5.74) is -0.438. The highest BCUT2D eigenvalue weighted by molar-refractivity contribution is 5.88. The van der Waals surface area contributed by atoms with Crippen LogP contribution in [0, 0.1) is 0 Å². The molecule has 6 heteroatoms. The lowest BCUT2D eigenvalue weighted by Crippen LogP contribution is -2.24. The normalized spacial score (nSPS) is 10.9. The van der Waals surface area contributed by atoms with Crippen LogP contribution in [-0.4, -0.2) is 13.1 Å². The summed E-state index contributed by atoms with van der Waals surface area (Å²) in [6.07, 6.45) is -4.36. The molecule has 0 aliphatic carbocycles. The van der Waals surface area contributed by atoms with Gasteiger partial charge in [0.05, 0.1) is 5.56 Å². The number of amides is 2. The van der Waals surface area contributed by atoms with Crippen molar-refractivity contribution in [1.82, 2.24) is 5.32 Å². The number of carbonyl (C=O) groups is 1. The largest absolute Gasteiger partial charge is 0.416 e. The van der Waals surface area contributed by atoms with Gasteiger partial charge in [-0.3, -0.25) is 0 Å². The van der Waals surface area contributed by atoms with Crippen molar-refractivity contribution in [2.24, 2.45) is 0 Å². The summed E-state index contributed by atoms with van der Waals surface area (Å²) in [7, 11) is 1.42. The van der Waals surface area contributed by atoms with Crippen molar-refractivity contribution in [3.05, 3.63) is 29.8 Å². The molecule has 0 heterocycles. The maximum atomic E-state index is 12.1. The summed E-state index contributed by atoms with van der Waals surface area (Å²) in [5.74, 6) is 0. The molecule has 0 aliphatic heterocycles. The summed E-state index contributed by atoms with van der Waals surface area (Å²) in [4.78, 5) is 10.8. The number of benzene rings is 1. The van der Waals surface area contributed by atoms with E-state index in [-0.39, 0.29) is 0 Å². The molecule has 1 aromatic rings. The Morgan fingerprint density at radius 2 is 1.73 bits per heavy atom. The third kappa shape index (κ3) is 3.16. The zero-order chi connectivity index (χ0) is 11.5. The number of hydrogen-bond acceptors (Lipinski definition) is 1. The van der Waals surface area contributed by atoms with E-state index in [1.165, 1.54) is 19.2 Å².